The molecule has 0 atom stereocenters. The molecule has 0 aromatic rings. The van der Waals surface area contributed by atoms with Crippen LogP contribution in [0.4, 0.5) is 0 Å². The summed E-state index contributed by atoms with van der Waals surface area (Å²) in [6.07, 6.45) is 0. The van der Waals surface area contributed by atoms with Crippen LogP contribution in [0.3, 0.4) is 0 Å². The maximum Gasteiger partial charge on any atom is 0.0261 e. The lowest BCUT2D eigenvalue weighted by Crippen LogP contribution is -2.58. The van der Waals surface area contributed by atoms with E-state index in [1.165, 1.54) is 45.8 Å². The molecule has 2 aliphatic heterocycles. The van der Waals surface area contributed by atoms with Crippen molar-refractivity contribution in [1.29, 1.82) is 0 Å². The minimum atomic E-state index is 1.15. The van der Waals surface area contributed by atoms with E-state index in [-0.39, 0.29) is 0 Å². The van der Waals surface area contributed by atoms with Gasteiger partial charge < -0.3 is 10.2 Å². The van der Waals surface area contributed by atoms with Crippen molar-refractivity contribution in [2.45, 2.75) is 6.92 Å². The Morgan fingerprint density at radius 3 is 2.00 bits per heavy atom. The average molecular weight is 198 g/mol. The fourth-order valence-corrected chi connectivity index (χ4v) is 2.27. The maximum absolute atomic E-state index is 3.40. The molecular weight excluding hydrogens is 176 g/mol. The highest BCUT2D eigenvalue weighted by molar-refractivity contribution is 4.73. The quantitative estimate of drug-likeness (QED) is 0.642. The van der Waals surface area contributed by atoms with Gasteiger partial charge in [0.05, 0.1) is 0 Å². The number of hydrogen-bond donors (Lipinski definition) is 1. The van der Waals surface area contributed by atoms with Gasteiger partial charge in [-0.25, -0.2) is 10.0 Å². The molecule has 2 rings (SSSR count). The second-order valence-electron chi connectivity index (χ2n) is 4.09. The predicted octanol–water partition coefficient (Wildman–Crippen LogP) is -0.556. The first-order valence-corrected chi connectivity index (χ1v) is 5.83. The minimum absolute atomic E-state index is 1.15. The molecule has 1 N–H and O–H groups in total. The molecule has 2 heterocycles. The third-order valence-electron chi connectivity index (χ3n) is 3.29. The van der Waals surface area contributed by atoms with Crippen molar-refractivity contribution < 1.29 is 0 Å². The Morgan fingerprint density at radius 2 is 1.43 bits per heavy atom. The predicted molar refractivity (Wildman–Crippen MR) is 58.1 cm³/mol. The van der Waals surface area contributed by atoms with E-state index in [1.54, 1.807) is 0 Å². The largest absolute Gasteiger partial charge is 0.314 e. The maximum atomic E-state index is 3.40. The summed E-state index contributed by atoms with van der Waals surface area (Å²) in [6, 6.07) is 0. The molecule has 2 saturated heterocycles. The summed E-state index contributed by atoms with van der Waals surface area (Å²) in [6.45, 7) is 13.0. The number of nitrogens with zero attached hydrogens (tertiary/aromatic N) is 3. The third-order valence-corrected chi connectivity index (χ3v) is 3.29. The second kappa shape index (κ2) is 5.07. The van der Waals surface area contributed by atoms with Crippen molar-refractivity contribution in [3.8, 4) is 0 Å². The number of likely N-dealkylation sites (N-methyl/N-ethyl adjacent to an activating group) is 1. The molecule has 0 bridgehead atoms. The number of rotatable bonds is 2. The van der Waals surface area contributed by atoms with Crippen LogP contribution in [0.15, 0.2) is 0 Å². The summed E-state index contributed by atoms with van der Waals surface area (Å²) in [7, 11) is 0. The van der Waals surface area contributed by atoms with Crippen LogP contribution in [-0.4, -0.2) is 73.8 Å². The van der Waals surface area contributed by atoms with E-state index in [0.717, 1.165) is 13.1 Å². The highest BCUT2D eigenvalue weighted by Crippen LogP contribution is 2.06. The topological polar surface area (TPSA) is 21.8 Å². The van der Waals surface area contributed by atoms with Gasteiger partial charge in [-0.1, -0.05) is 6.92 Å². The molecule has 2 aliphatic rings. The number of hydrogen-bond acceptors (Lipinski definition) is 4. The average Bonchev–Trinajstić information content (AvgIpc) is 2.30. The van der Waals surface area contributed by atoms with E-state index >= 15 is 0 Å². The molecule has 14 heavy (non-hydrogen) atoms. The zero-order valence-corrected chi connectivity index (χ0v) is 9.21. The zero-order chi connectivity index (χ0) is 9.80. The van der Waals surface area contributed by atoms with Gasteiger partial charge in [0.25, 0.3) is 0 Å². The molecule has 2 fully saturated rings. The minimum Gasteiger partial charge on any atom is -0.314 e. The summed E-state index contributed by atoms with van der Waals surface area (Å²) < 4.78 is 0. The smallest absolute Gasteiger partial charge is 0.0261 e. The van der Waals surface area contributed by atoms with Gasteiger partial charge in [0.1, 0.15) is 0 Å². The number of hydrazine groups is 1. The van der Waals surface area contributed by atoms with E-state index in [9.17, 15) is 0 Å². The summed E-state index contributed by atoms with van der Waals surface area (Å²) in [5.74, 6) is 0. The van der Waals surface area contributed by atoms with Gasteiger partial charge in [-0.2, -0.15) is 0 Å². The Hall–Kier alpha value is -0.160. The van der Waals surface area contributed by atoms with Crippen LogP contribution in [0.25, 0.3) is 0 Å². The Bertz CT molecular complexity index is 160. The standard InChI is InChI=1S/C10H22N4/c1-2-12-7-9-14(10-8-12)13-5-3-11-4-6-13/h11H,2-10H2,1H3. The van der Waals surface area contributed by atoms with Crippen LogP contribution in [0, 0.1) is 0 Å². The van der Waals surface area contributed by atoms with Gasteiger partial charge >= 0.3 is 0 Å². The van der Waals surface area contributed by atoms with E-state index in [0.29, 0.717) is 0 Å². The molecule has 0 aliphatic carbocycles. The van der Waals surface area contributed by atoms with E-state index in [2.05, 4.69) is 27.2 Å². The van der Waals surface area contributed by atoms with Crippen LogP contribution in [0.2, 0.25) is 0 Å². The van der Waals surface area contributed by atoms with Crippen LogP contribution >= 0.6 is 0 Å². The van der Waals surface area contributed by atoms with Crippen molar-refractivity contribution in [2.24, 2.45) is 0 Å². The SMILES string of the molecule is CCN1CCN(N2CCNCC2)CC1. The lowest BCUT2D eigenvalue weighted by molar-refractivity contribution is -0.0630. The molecule has 0 radical (unpaired) electrons. The Kier molecular flexibility index (Phi) is 3.75. The molecular formula is C10H22N4. The first-order valence-electron chi connectivity index (χ1n) is 5.83. The molecule has 0 aromatic heterocycles. The van der Waals surface area contributed by atoms with Gasteiger partial charge in [0, 0.05) is 52.4 Å². The fourth-order valence-electron chi connectivity index (χ4n) is 2.27. The van der Waals surface area contributed by atoms with Crippen LogP contribution in [0.5, 0.6) is 0 Å². The highest BCUT2D eigenvalue weighted by atomic mass is 15.6. The van der Waals surface area contributed by atoms with Crippen molar-refractivity contribution >= 4 is 0 Å². The van der Waals surface area contributed by atoms with Crippen molar-refractivity contribution in [1.82, 2.24) is 20.2 Å². The van der Waals surface area contributed by atoms with Crippen molar-refractivity contribution in [3.05, 3.63) is 0 Å². The highest BCUT2D eigenvalue weighted by Gasteiger charge is 2.21. The van der Waals surface area contributed by atoms with Gasteiger partial charge in [0.2, 0.25) is 0 Å². The van der Waals surface area contributed by atoms with E-state index in [1.807, 2.05) is 0 Å². The summed E-state index contributed by atoms with van der Waals surface area (Å²) in [5, 5.41) is 8.45. The Morgan fingerprint density at radius 1 is 0.857 bits per heavy atom. The zero-order valence-electron chi connectivity index (χ0n) is 9.21. The van der Waals surface area contributed by atoms with Crippen LogP contribution < -0.4 is 5.32 Å². The Labute approximate surface area is 86.8 Å². The number of piperazine rings is 2. The lowest BCUT2D eigenvalue weighted by Gasteiger charge is -2.42. The molecule has 0 unspecified atom stereocenters. The Balaban J connectivity index is 1.76. The molecule has 0 aromatic carbocycles. The lowest BCUT2D eigenvalue weighted by atomic mass is 10.3. The van der Waals surface area contributed by atoms with E-state index in [4.69, 9.17) is 0 Å². The van der Waals surface area contributed by atoms with Gasteiger partial charge in [-0.15, -0.1) is 0 Å². The molecule has 4 heteroatoms. The summed E-state index contributed by atoms with van der Waals surface area (Å²) in [4.78, 5) is 2.53. The molecule has 0 saturated carbocycles. The second-order valence-corrected chi connectivity index (χ2v) is 4.09. The van der Waals surface area contributed by atoms with Gasteiger partial charge in [-0.05, 0) is 6.54 Å². The molecule has 4 nitrogen and oxygen atoms in total. The summed E-state index contributed by atoms with van der Waals surface area (Å²) >= 11 is 0. The number of nitrogens with one attached hydrogen (secondary N) is 1. The molecule has 0 spiro atoms. The fraction of sp³-hybridized carbons (Fsp3) is 1.00. The van der Waals surface area contributed by atoms with Crippen LogP contribution in [-0.2, 0) is 0 Å². The normalized spacial score (nSPS) is 28.1. The summed E-state index contributed by atoms with van der Waals surface area (Å²) in [5.41, 5.74) is 0. The van der Waals surface area contributed by atoms with Crippen molar-refractivity contribution in [3.63, 3.8) is 0 Å². The van der Waals surface area contributed by atoms with Gasteiger partial charge in [-0.3, -0.25) is 0 Å². The van der Waals surface area contributed by atoms with Crippen LogP contribution in [0.1, 0.15) is 6.92 Å². The first-order chi connectivity index (χ1) is 6.90. The third kappa shape index (κ3) is 2.45. The molecule has 0 amide bonds. The van der Waals surface area contributed by atoms with Gasteiger partial charge in [0.15, 0.2) is 0 Å². The first kappa shape index (κ1) is 10.4. The van der Waals surface area contributed by atoms with E-state index < -0.39 is 0 Å². The molecule has 82 valence electrons. The van der Waals surface area contributed by atoms with Crippen molar-refractivity contribution in [2.75, 3.05) is 58.9 Å². The monoisotopic (exact) mass is 198 g/mol.